The fourth-order valence-electron chi connectivity index (χ4n) is 15.1. The number of ether oxygens (including phenoxy) is 3. The normalized spacial score (nSPS) is 21.3. The predicted octanol–water partition coefficient (Wildman–Crippen LogP) is 10.4. The summed E-state index contributed by atoms with van der Waals surface area (Å²) in [5.74, 6) is -1.78. The van der Waals surface area contributed by atoms with E-state index in [1.165, 1.54) is 24.5 Å². The zero-order chi connectivity index (χ0) is 58.5. The number of aromatic nitrogens is 8. The number of pyridine rings is 2. The Bertz CT molecular complexity index is 4290. The first-order chi connectivity index (χ1) is 41.8. The summed E-state index contributed by atoms with van der Waals surface area (Å²) < 4.78 is 113. The molecule has 11 heterocycles. The number of hydrogen-bond acceptors (Lipinski definition) is 16. The quantitative estimate of drug-likeness (QED) is 0.0916. The van der Waals surface area contributed by atoms with Crippen molar-refractivity contribution in [3.05, 3.63) is 120 Å². The Labute approximate surface area is 493 Å². The Hall–Kier alpha value is -7.86. The van der Waals surface area contributed by atoms with Crippen LogP contribution in [0.2, 0.25) is 0 Å². The van der Waals surface area contributed by atoms with Gasteiger partial charge in [0.1, 0.15) is 58.9 Å². The Balaban J connectivity index is 0.754. The van der Waals surface area contributed by atoms with Crippen LogP contribution < -0.4 is 29.6 Å². The minimum absolute atomic E-state index is 0.0149. The van der Waals surface area contributed by atoms with Crippen LogP contribution in [0, 0.1) is 29.2 Å². The molecule has 0 spiro atoms. The molecule has 4 aromatic carbocycles. The van der Waals surface area contributed by atoms with Crippen LogP contribution in [0.5, 0.6) is 17.9 Å². The summed E-state index contributed by atoms with van der Waals surface area (Å²) in [5, 5.41) is 15.7. The molecule has 5 fully saturated rings. The third-order valence-electron chi connectivity index (χ3n) is 19.1. The molecule has 2 unspecified atom stereocenters. The van der Waals surface area contributed by atoms with Crippen LogP contribution in [-0.2, 0) is 23.1 Å². The zero-order valence-electron chi connectivity index (χ0n) is 47.3. The van der Waals surface area contributed by atoms with E-state index in [1.54, 1.807) is 48.7 Å². The number of halogens is 4. The van der Waals surface area contributed by atoms with Gasteiger partial charge in [0.25, 0.3) is 0 Å². The van der Waals surface area contributed by atoms with Crippen molar-refractivity contribution in [3.8, 4) is 40.4 Å². The van der Waals surface area contributed by atoms with E-state index in [9.17, 15) is 8.42 Å². The highest BCUT2D eigenvalue weighted by atomic mass is 32.2. The van der Waals surface area contributed by atoms with Gasteiger partial charge in [0.2, 0.25) is 15.9 Å². The minimum atomic E-state index is -3.80. The average molecular weight is 1190 g/mol. The van der Waals surface area contributed by atoms with Crippen LogP contribution in [0.15, 0.2) is 85.3 Å². The minimum Gasteiger partial charge on any atom is -0.478 e. The molecule has 6 aliphatic rings. The summed E-state index contributed by atoms with van der Waals surface area (Å²) in [7, 11) is -3.80. The van der Waals surface area contributed by atoms with Gasteiger partial charge in [-0.15, -0.1) is 0 Å². The molecule has 86 heavy (non-hydrogen) atoms. The number of benzene rings is 4. The molecule has 444 valence electrons. The number of fused-ring (bicyclic) bond motifs is 7. The maximum atomic E-state index is 17.7. The number of sulfonamides is 1. The van der Waals surface area contributed by atoms with E-state index in [1.807, 2.05) is 21.7 Å². The van der Waals surface area contributed by atoms with Crippen LogP contribution >= 0.6 is 0 Å². The third kappa shape index (κ3) is 9.55. The lowest BCUT2D eigenvalue weighted by Crippen LogP contribution is -2.44. The van der Waals surface area contributed by atoms with E-state index in [-0.39, 0.29) is 105 Å². The van der Waals surface area contributed by atoms with Gasteiger partial charge in [-0.3, -0.25) is 19.8 Å². The number of hydrogen-bond donors (Lipinski definition) is 2. The number of primary sulfonamides is 1. The zero-order valence-corrected chi connectivity index (χ0v) is 48.1. The molecule has 0 saturated carbocycles. The Morgan fingerprint density at radius 1 is 0.674 bits per heavy atom. The molecule has 3 atom stereocenters. The maximum absolute atomic E-state index is 17.7. The molecule has 0 amide bonds. The lowest BCUT2D eigenvalue weighted by atomic mass is 9.92. The highest BCUT2D eigenvalue weighted by molar-refractivity contribution is 7.89. The monoisotopic (exact) mass is 1190 g/mol. The number of piperidine rings is 1. The van der Waals surface area contributed by atoms with E-state index in [2.05, 4.69) is 25.2 Å². The first-order valence-electron chi connectivity index (χ1n) is 29.9. The molecule has 6 aliphatic heterocycles. The summed E-state index contributed by atoms with van der Waals surface area (Å²) in [6, 6.07) is 18.1. The van der Waals surface area contributed by atoms with Crippen molar-refractivity contribution in [1.82, 2.24) is 49.5 Å². The van der Waals surface area contributed by atoms with Gasteiger partial charge in [0.15, 0.2) is 11.6 Å². The van der Waals surface area contributed by atoms with Crippen LogP contribution in [0.1, 0.15) is 87.8 Å². The van der Waals surface area contributed by atoms with E-state index in [0.29, 0.717) is 85.7 Å². The van der Waals surface area contributed by atoms with Gasteiger partial charge in [-0.25, -0.2) is 35.8 Å². The van der Waals surface area contributed by atoms with Crippen LogP contribution in [0.25, 0.3) is 65.9 Å². The molecular formula is C63H63F4N13O5S. The first kappa shape index (κ1) is 54.8. The second kappa shape index (κ2) is 21.5. The van der Waals surface area contributed by atoms with Crippen molar-refractivity contribution in [1.29, 1.82) is 0 Å². The van der Waals surface area contributed by atoms with Gasteiger partial charge in [0, 0.05) is 72.9 Å². The van der Waals surface area contributed by atoms with Crippen LogP contribution in [0.3, 0.4) is 0 Å². The Morgan fingerprint density at radius 2 is 1.36 bits per heavy atom. The number of anilines is 2. The van der Waals surface area contributed by atoms with Gasteiger partial charge in [-0.1, -0.05) is 54.6 Å². The van der Waals surface area contributed by atoms with Gasteiger partial charge in [-0.05, 0) is 118 Å². The van der Waals surface area contributed by atoms with Gasteiger partial charge in [0.05, 0.1) is 46.0 Å². The van der Waals surface area contributed by atoms with E-state index < -0.39 is 38.8 Å². The number of aryl methyl sites for hydroxylation is 1. The van der Waals surface area contributed by atoms with Gasteiger partial charge < -0.3 is 24.4 Å². The Morgan fingerprint density at radius 3 is 2.15 bits per heavy atom. The molecule has 18 nitrogen and oxygen atoms in total. The van der Waals surface area contributed by atoms with Crippen molar-refractivity contribution < 1.29 is 40.2 Å². The first-order valence-corrected chi connectivity index (χ1v) is 31.6. The molecule has 5 saturated heterocycles. The Kier molecular flexibility index (Phi) is 13.7. The van der Waals surface area contributed by atoms with E-state index in [4.69, 9.17) is 44.3 Å². The van der Waals surface area contributed by atoms with Crippen LogP contribution in [0.4, 0.5) is 29.2 Å². The van der Waals surface area contributed by atoms with Gasteiger partial charge in [-0.2, -0.15) is 25.0 Å². The fourth-order valence-corrected chi connectivity index (χ4v) is 16.1. The summed E-state index contributed by atoms with van der Waals surface area (Å²) in [5.41, 5.74) is 1.32. The van der Waals surface area contributed by atoms with Crippen molar-refractivity contribution >= 4 is 65.0 Å². The summed E-state index contributed by atoms with van der Waals surface area (Å²) >= 11 is 0. The molecule has 23 heteroatoms. The summed E-state index contributed by atoms with van der Waals surface area (Å²) in [6.45, 7) is 5.62. The smallest absolute Gasteiger partial charge is 0.319 e. The number of nitrogens with one attached hydrogen (secondary N) is 1. The topological polar surface area (TPSA) is 205 Å². The van der Waals surface area contributed by atoms with Crippen LogP contribution in [-0.4, -0.2) is 127 Å². The molecular weight excluding hydrogens is 1130 g/mol. The number of rotatable bonds is 15. The standard InChI is InChI=1S/C63H63F4N13O5S/c64-46-15-2-11-38-10-1-13-42(49(38)46)53-52(67)56-45(32-70-53)58(77-23-4-9-37(33-77)34-86(68,81)82)76-61(74-56)85-36-63-21-7-26-79(63)48(18-22-63)40-16-17-47(65)50-41(40)12-3-14-43(50)54-51(66)55-44(31-69-54)57(71-29-39-30-72-80-27-8-28-83-59(39)80)75-60(73-55)84-35-62-19-5-24-78(62)25-6-20-62/h1-3,10-17,30-32,37,48H,4-9,18-29,33-36H2,(H2,68,81,82)(H,71,73,75)/t37?,48?,63-/m0/s1. The van der Waals surface area contributed by atoms with Crippen molar-refractivity contribution in [3.63, 3.8) is 0 Å². The van der Waals surface area contributed by atoms with Crippen molar-refractivity contribution in [2.75, 3.05) is 68.5 Å². The largest absolute Gasteiger partial charge is 0.478 e. The SMILES string of the molecule is NS(=O)(=O)CC1CCCN(c2nc(OC[C@@]34CCCN3C(c3ccc(F)c5c(-c6ncc7c(NCc8cnn9c8OCCC9)nc(OCC89CCCN8CCC9)nc7c6F)cccc35)CC4)nc3c(F)c(-c4cccc5cccc(F)c45)ncc23)C1. The number of nitrogens with two attached hydrogens (primary N) is 1. The molecule has 15 rings (SSSR count). The molecule has 0 radical (unpaired) electrons. The van der Waals surface area contributed by atoms with Crippen molar-refractivity contribution in [2.45, 2.75) is 101 Å². The molecule has 0 aliphatic carbocycles. The molecule has 3 N–H and O–H groups in total. The lowest BCUT2D eigenvalue weighted by Gasteiger charge is -2.35. The predicted molar refractivity (Wildman–Crippen MR) is 317 cm³/mol. The molecule has 9 aromatic rings. The summed E-state index contributed by atoms with van der Waals surface area (Å²) in [6.07, 6.45) is 14.0. The van der Waals surface area contributed by atoms with E-state index >= 15 is 17.6 Å². The highest BCUT2D eigenvalue weighted by Gasteiger charge is 2.51. The average Bonchev–Trinajstić information content (AvgIpc) is 2.74. The van der Waals surface area contributed by atoms with Gasteiger partial charge >= 0.3 is 12.0 Å². The maximum Gasteiger partial charge on any atom is 0.319 e. The fraction of sp³-hybridized carbons (Fsp3) is 0.413. The summed E-state index contributed by atoms with van der Waals surface area (Å²) in [4.78, 5) is 35.3. The second-order valence-corrected chi connectivity index (χ2v) is 25.8. The highest BCUT2D eigenvalue weighted by Crippen LogP contribution is 2.51. The number of nitrogens with zero attached hydrogens (tertiary/aromatic N) is 11. The van der Waals surface area contributed by atoms with Crippen molar-refractivity contribution in [2.24, 2.45) is 11.1 Å². The molecule has 0 bridgehead atoms. The van der Waals surface area contributed by atoms with E-state index in [0.717, 1.165) is 75.7 Å². The third-order valence-corrected chi connectivity index (χ3v) is 20.0. The second-order valence-electron chi connectivity index (χ2n) is 24.2. The molecule has 5 aromatic heterocycles. The lowest BCUT2D eigenvalue weighted by molar-refractivity contribution is 0.0849.